The van der Waals surface area contributed by atoms with Crippen LogP contribution in [0.15, 0.2) is 58.7 Å². The molecule has 32 heavy (non-hydrogen) atoms. The van der Waals surface area contributed by atoms with Gasteiger partial charge in [-0.25, -0.2) is 0 Å². The molecule has 2 atom stereocenters. The summed E-state index contributed by atoms with van der Waals surface area (Å²) in [5.74, 6) is 0.675. The summed E-state index contributed by atoms with van der Waals surface area (Å²) in [5, 5.41) is 14.3. The number of aromatic nitrogens is 1. The van der Waals surface area contributed by atoms with Crippen molar-refractivity contribution < 1.29 is 4.79 Å². The van der Waals surface area contributed by atoms with Gasteiger partial charge in [-0.05, 0) is 53.6 Å². The van der Waals surface area contributed by atoms with Gasteiger partial charge in [0.1, 0.15) is 5.69 Å². The number of thiophene rings is 1. The van der Waals surface area contributed by atoms with Crippen LogP contribution in [0, 0.1) is 17.2 Å². The van der Waals surface area contributed by atoms with Crippen LogP contribution >= 0.6 is 11.3 Å². The van der Waals surface area contributed by atoms with Gasteiger partial charge in [0.25, 0.3) is 5.56 Å². The zero-order valence-corrected chi connectivity index (χ0v) is 18.5. The summed E-state index contributed by atoms with van der Waals surface area (Å²) >= 11 is 1.62. The molecule has 0 radical (unpaired) electrons. The van der Waals surface area contributed by atoms with E-state index >= 15 is 0 Å². The van der Waals surface area contributed by atoms with Crippen LogP contribution in [0.2, 0.25) is 0 Å². The van der Waals surface area contributed by atoms with E-state index in [1.807, 2.05) is 57.3 Å². The fourth-order valence-electron chi connectivity index (χ4n) is 4.91. The molecule has 1 N–H and O–H groups in total. The quantitative estimate of drug-likeness (QED) is 0.653. The fraction of sp³-hybridized carbons (Fsp3) is 0.320. The van der Waals surface area contributed by atoms with E-state index in [0.717, 1.165) is 22.6 Å². The molecule has 1 amide bonds. The fourth-order valence-corrected chi connectivity index (χ4v) is 5.60. The number of carbonyl (C=O) groups excluding carboxylic acids is 1. The second-order valence-electron chi connectivity index (χ2n) is 8.61. The molecule has 4 heterocycles. The van der Waals surface area contributed by atoms with Crippen LogP contribution in [0.1, 0.15) is 34.0 Å². The smallest absolute Gasteiger partial charge is 0.274 e. The van der Waals surface area contributed by atoms with E-state index in [9.17, 15) is 9.59 Å². The molecule has 6 nitrogen and oxygen atoms in total. The number of piperidine rings is 1. The number of likely N-dealkylation sites (tertiary alicyclic amines) is 1. The second-order valence-corrected chi connectivity index (χ2v) is 9.64. The Morgan fingerprint density at radius 1 is 1.16 bits per heavy atom. The van der Waals surface area contributed by atoms with Gasteiger partial charge >= 0.3 is 0 Å². The molecular weight excluding hydrogens is 420 g/mol. The summed E-state index contributed by atoms with van der Waals surface area (Å²) in [6.45, 7) is 2.52. The number of hydrogen-bond donors (Lipinski definition) is 1. The van der Waals surface area contributed by atoms with Gasteiger partial charge in [0.2, 0.25) is 5.91 Å². The Kier molecular flexibility index (Phi) is 5.54. The lowest BCUT2D eigenvalue weighted by Gasteiger charge is -2.43. The molecule has 2 bridgehead atoms. The first-order chi connectivity index (χ1) is 15.6. The molecule has 2 aliphatic rings. The number of hydrogen-bond acceptors (Lipinski definition) is 5. The minimum Gasteiger partial charge on any atom is -0.377 e. The highest BCUT2D eigenvalue weighted by molar-refractivity contribution is 7.10. The standard InChI is InChI=1S/C25H24N4O2S/c26-12-17-3-1-4-18(9-17)13-27-22-6-7-23-20-10-19(15-29(23)25(22)31)14-28(16-20)24(30)11-21-5-2-8-32-21/h1-9,19-20,27H,10-11,13-16H2/t19-,20+/m0/s1. The molecule has 1 fully saturated rings. The summed E-state index contributed by atoms with van der Waals surface area (Å²) in [7, 11) is 0. The lowest BCUT2D eigenvalue weighted by Crippen LogP contribution is -2.49. The molecule has 5 rings (SSSR count). The SMILES string of the molecule is N#Cc1cccc(CNc2ccc3n(c2=O)C[C@H]2C[C@@H]3CN(C(=O)Cc3cccs3)C2)c1. The van der Waals surface area contributed by atoms with Gasteiger partial charge in [0.15, 0.2) is 0 Å². The van der Waals surface area contributed by atoms with Crippen molar-refractivity contribution in [1.29, 1.82) is 5.26 Å². The first-order valence-electron chi connectivity index (χ1n) is 10.9. The number of nitriles is 1. The van der Waals surface area contributed by atoms with Gasteiger partial charge in [-0.15, -0.1) is 11.3 Å². The van der Waals surface area contributed by atoms with Crippen LogP contribution < -0.4 is 10.9 Å². The van der Waals surface area contributed by atoms with Gasteiger partial charge in [-0.3, -0.25) is 9.59 Å². The molecule has 7 heteroatoms. The normalized spacial score (nSPS) is 19.2. The molecule has 162 valence electrons. The Labute approximate surface area is 190 Å². The molecule has 2 aromatic heterocycles. The monoisotopic (exact) mass is 444 g/mol. The highest BCUT2D eigenvalue weighted by Crippen LogP contribution is 2.35. The van der Waals surface area contributed by atoms with Crippen LogP contribution in [0.5, 0.6) is 0 Å². The molecule has 0 aliphatic carbocycles. The van der Waals surface area contributed by atoms with Crippen LogP contribution in [0.4, 0.5) is 5.69 Å². The van der Waals surface area contributed by atoms with Gasteiger partial charge < -0.3 is 14.8 Å². The van der Waals surface area contributed by atoms with E-state index in [4.69, 9.17) is 5.26 Å². The highest BCUT2D eigenvalue weighted by atomic mass is 32.1. The maximum atomic E-state index is 13.2. The molecule has 0 saturated carbocycles. The van der Waals surface area contributed by atoms with E-state index in [2.05, 4.69) is 11.4 Å². The van der Waals surface area contributed by atoms with Crippen molar-refractivity contribution in [3.63, 3.8) is 0 Å². The Morgan fingerprint density at radius 2 is 2.06 bits per heavy atom. The minimum absolute atomic E-state index is 0.00741. The van der Waals surface area contributed by atoms with Crippen molar-refractivity contribution in [3.8, 4) is 6.07 Å². The van der Waals surface area contributed by atoms with Crippen LogP contribution in [-0.2, 0) is 24.3 Å². The molecule has 1 aromatic carbocycles. The third-order valence-electron chi connectivity index (χ3n) is 6.40. The molecule has 2 aliphatic heterocycles. The van der Waals surface area contributed by atoms with E-state index < -0.39 is 0 Å². The van der Waals surface area contributed by atoms with Crippen molar-refractivity contribution in [2.45, 2.75) is 31.8 Å². The number of pyridine rings is 1. The van der Waals surface area contributed by atoms with Gasteiger partial charge in [-0.1, -0.05) is 18.2 Å². The molecule has 3 aromatic rings. The Hall–Kier alpha value is -3.37. The van der Waals surface area contributed by atoms with Crippen molar-refractivity contribution in [2.24, 2.45) is 5.92 Å². The van der Waals surface area contributed by atoms with E-state index in [1.165, 1.54) is 0 Å². The van der Waals surface area contributed by atoms with Gasteiger partial charge in [0, 0.05) is 42.7 Å². The summed E-state index contributed by atoms with van der Waals surface area (Å²) < 4.78 is 1.90. The predicted octanol–water partition coefficient (Wildman–Crippen LogP) is 3.58. The average Bonchev–Trinajstić information content (AvgIpc) is 3.32. The number of rotatable bonds is 5. The number of nitrogens with zero attached hydrogens (tertiary/aromatic N) is 3. The topological polar surface area (TPSA) is 78.1 Å². The lowest BCUT2D eigenvalue weighted by atomic mass is 9.83. The van der Waals surface area contributed by atoms with Crippen molar-refractivity contribution >= 4 is 22.9 Å². The summed E-state index contributed by atoms with van der Waals surface area (Å²) in [5.41, 5.74) is 3.16. The first kappa shape index (κ1) is 20.5. The van der Waals surface area contributed by atoms with Crippen molar-refractivity contribution in [2.75, 3.05) is 18.4 Å². The molecule has 0 unspecified atom stereocenters. The Bertz CT molecular complexity index is 1240. The van der Waals surface area contributed by atoms with Crippen molar-refractivity contribution in [1.82, 2.24) is 9.47 Å². The van der Waals surface area contributed by atoms with Crippen LogP contribution in [0.3, 0.4) is 0 Å². The summed E-state index contributed by atoms with van der Waals surface area (Å²) in [4.78, 5) is 29.1. The molecular formula is C25H24N4O2S. The van der Waals surface area contributed by atoms with E-state index in [0.29, 0.717) is 49.8 Å². The Morgan fingerprint density at radius 3 is 2.88 bits per heavy atom. The number of anilines is 1. The highest BCUT2D eigenvalue weighted by Gasteiger charge is 2.36. The number of carbonyl (C=O) groups is 1. The van der Waals surface area contributed by atoms with Gasteiger partial charge in [0.05, 0.1) is 18.1 Å². The van der Waals surface area contributed by atoms with Crippen LogP contribution in [0.25, 0.3) is 0 Å². The number of amides is 1. The van der Waals surface area contributed by atoms with Crippen molar-refractivity contribution in [3.05, 3.63) is 86.0 Å². The zero-order chi connectivity index (χ0) is 22.1. The predicted molar refractivity (Wildman–Crippen MR) is 125 cm³/mol. The summed E-state index contributed by atoms with van der Waals surface area (Å²) in [6, 6.07) is 17.4. The maximum Gasteiger partial charge on any atom is 0.274 e. The largest absolute Gasteiger partial charge is 0.377 e. The van der Waals surface area contributed by atoms with Crippen LogP contribution in [-0.4, -0.2) is 28.5 Å². The average molecular weight is 445 g/mol. The molecule has 1 saturated heterocycles. The number of benzene rings is 1. The van der Waals surface area contributed by atoms with Gasteiger partial charge in [-0.2, -0.15) is 5.26 Å². The first-order valence-corrected chi connectivity index (χ1v) is 11.8. The maximum absolute atomic E-state index is 13.2. The second kappa shape index (κ2) is 8.64. The van der Waals surface area contributed by atoms with E-state index in [1.54, 1.807) is 17.4 Å². The Balaban J connectivity index is 1.31. The third-order valence-corrected chi connectivity index (χ3v) is 7.28. The minimum atomic E-state index is -0.00741. The number of nitrogens with one attached hydrogen (secondary N) is 1. The number of fused-ring (bicyclic) bond motifs is 4. The molecule has 0 spiro atoms. The van der Waals surface area contributed by atoms with E-state index in [-0.39, 0.29) is 17.4 Å². The third kappa shape index (κ3) is 4.06. The summed E-state index contributed by atoms with van der Waals surface area (Å²) in [6.07, 6.45) is 1.48. The zero-order valence-electron chi connectivity index (χ0n) is 17.7. The lowest BCUT2D eigenvalue weighted by molar-refractivity contribution is -0.133.